The Morgan fingerprint density at radius 2 is 2.10 bits per heavy atom. The second-order valence-electron chi connectivity index (χ2n) is 5.99. The summed E-state index contributed by atoms with van der Waals surface area (Å²) in [6, 6.07) is 13.3. The smallest absolute Gasteiger partial charge is 0.160 e. The molecule has 0 unspecified atom stereocenters. The topological polar surface area (TPSA) is 30.7 Å². The van der Waals surface area contributed by atoms with Crippen LogP contribution >= 0.6 is 0 Å². The molecule has 0 aliphatic heterocycles. The van der Waals surface area contributed by atoms with Gasteiger partial charge < -0.3 is 4.57 Å². The maximum absolute atomic E-state index is 4.84. The van der Waals surface area contributed by atoms with Gasteiger partial charge in [0, 0.05) is 18.7 Å². The van der Waals surface area contributed by atoms with Crippen LogP contribution in [0.4, 0.5) is 0 Å². The van der Waals surface area contributed by atoms with Crippen molar-refractivity contribution in [2.75, 3.05) is 0 Å². The lowest BCUT2D eigenvalue weighted by Crippen LogP contribution is -2.19. The van der Waals surface area contributed by atoms with Crippen molar-refractivity contribution in [3.05, 3.63) is 59.5 Å². The average molecular weight is 277 g/mol. The Morgan fingerprint density at radius 3 is 2.86 bits per heavy atom. The fourth-order valence-corrected chi connectivity index (χ4v) is 3.13. The molecule has 2 heterocycles. The summed E-state index contributed by atoms with van der Waals surface area (Å²) in [5.41, 5.74) is 4.69. The number of benzene rings is 1. The Balaban J connectivity index is 1.80. The fraction of sp³-hybridized carbons (Fsp3) is 0.333. The first-order valence-electron chi connectivity index (χ1n) is 7.68. The van der Waals surface area contributed by atoms with E-state index in [1.807, 2.05) is 12.3 Å². The van der Waals surface area contributed by atoms with Crippen molar-refractivity contribution in [1.29, 1.82) is 0 Å². The summed E-state index contributed by atoms with van der Waals surface area (Å²) in [5.74, 6) is 1.15. The van der Waals surface area contributed by atoms with Crippen molar-refractivity contribution >= 4 is 11.2 Å². The lowest BCUT2D eigenvalue weighted by atomic mass is 9.92. The van der Waals surface area contributed by atoms with Crippen molar-refractivity contribution in [3.63, 3.8) is 0 Å². The monoisotopic (exact) mass is 277 g/mol. The summed E-state index contributed by atoms with van der Waals surface area (Å²) >= 11 is 0. The molecule has 0 radical (unpaired) electrons. The number of hydrogen-bond donors (Lipinski definition) is 0. The molecule has 3 heteroatoms. The van der Waals surface area contributed by atoms with Crippen LogP contribution in [0.3, 0.4) is 0 Å². The third kappa shape index (κ3) is 2.23. The van der Waals surface area contributed by atoms with Gasteiger partial charge in [0.05, 0.1) is 0 Å². The molecule has 21 heavy (non-hydrogen) atoms. The predicted molar refractivity (Wildman–Crippen MR) is 84.4 cm³/mol. The summed E-state index contributed by atoms with van der Waals surface area (Å²) in [5, 5.41) is 0. The number of pyridine rings is 1. The molecule has 0 bridgehead atoms. The van der Waals surface area contributed by atoms with E-state index >= 15 is 0 Å². The molecule has 1 aliphatic carbocycles. The number of nitrogens with zero attached hydrogens (tertiary/aromatic N) is 3. The molecule has 0 atom stereocenters. The first-order chi connectivity index (χ1) is 10.3. The minimum Gasteiger partial charge on any atom is -0.309 e. The fourth-order valence-electron chi connectivity index (χ4n) is 3.13. The van der Waals surface area contributed by atoms with E-state index < -0.39 is 0 Å². The molecule has 1 fully saturated rings. The Morgan fingerprint density at radius 1 is 1.19 bits per heavy atom. The van der Waals surface area contributed by atoms with Gasteiger partial charge in [-0.3, -0.25) is 0 Å². The van der Waals surface area contributed by atoms with Crippen molar-refractivity contribution in [3.8, 4) is 0 Å². The van der Waals surface area contributed by atoms with Gasteiger partial charge in [0.25, 0.3) is 0 Å². The zero-order valence-electron chi connectivity index (χ0n) is 12.3. The number of fused-ring (bicyclic) bond motifs is 1. The molecule has 0 N–H and O–H groups in total. The predicted octanol–water partition coefficient (Wildman–Crippen LogP) is 4.06. The largest absolute Gasteiger partial charge is 0.309 e. The van der Waals surface area contributed by atoms with Crippen LogP contribution in [0.2, 0.25) is 0 Å². The highest BCUT2D eigenvalue weighted by atomic mass is 15.2. The molecular weight excluding hydrogens is 258 g/mol. The summed E-state index contributed by atoms with van der Waals surface area (Å²) in [6.07, 6.45) is 6.58. The quantitative estimate of drug-likeness (QED) is 0.723. The average Bonchev–Trinajstić information content (AvgIpc) is 2.76. The SMILES string of the molecule is Cc1cccc(Cc2nc3cccnc3n2C2CCC2)c1. The van der Waals surface area contributed by atoms with E-state index in [4.69, 9.17) is 4.98 Å². The summed E-state index contributed by atoms with van der Waals surface area (Å²) in [6.45, 7) is 2.14. The van der Waals surface area contributed by atoms with Crippen LogP contribution in [0, 0.1) is 6.92 Å². The molecule has 0 spiro atoms. The highest BCUT2D eigenvalue weighted by Crippen LogP contribution is 2.35. The van der Waals surface area contributed by atoms with Gasteiger partial charge in [0.2, 0.25) is 0 Å². The Bertz CT molecular complexity index is 784. The van der Waals surface area contributed by atoms with Crippen molar-refractivity contribution in [1.82, 2.24) is 14.5 Å². The van der Waals surface area contributed by atoms with E-state index in [9.17, 15) is 0 Å². The van der Waals surface area contributed by atoms with Crippen LogP contribution in [0.25, 0.3) is 11.2 Å². The van der Waals surface area contributed by atoms with E-state index in [1.165, 1.54) is 30.4 Å². The van der Waals surface area contributed by atoms with Gasteiger partial charge in [0.1, 0.15) is 11.3 Å². The van der Waals surface area contributed by atoms with E-state index in [0.717, 1.165) is 23.4 Å². The molecule has 1 aromatic carbocycles. The van der Waals surface area contributed by atoms with Gasteiger partial charge in [-0.15, -0.1) is 0 Å². The molecule has 4 rings (SSSR count). The summed E-state index contributed by atoms with van der Waals surface area (Å²) < 4.78 is 2.38. The van der Waals surface area contributed by atoms with E-state index in [1.54, 1.807) is 0 Å². The maximum Gasteiger partial charge on any atom is 0.160 e. The van der Waals surface area contributed by atoms with Crippen LogP contribution in [0.15, 0.2) is 42.6 Å². The normalized spacial score (nSPS) is 15.3. The molecular formula is C18H19N3. The molecule has 3 aromatic rings. The third-order valence-corrected chi connectivity index (χ3v) is 4.41. The van der Waals surface area contributed by atoms with Gasteiger partial charge in [0.15, 0.2) is 5.65 Å². The second-order valence-corrected chi connectivity index (χ2v) is 5.99. The minimum atomic E-state index is 0.588. The molecule has 2 aromatic heterocycles. The van der Waals surface area contributed by atoms with Gasteiger partial charge in [-0.05, 0) is 43.9 Å². The van der Waals surface area contributed by atoms with Crippen LogP contribution in [-0.4, -0.2) is 14.5 Å². The van der Waals surface area contributed by atoms with Crippen LogP contribution in [-0.2, 0) is 6.42 Å². The molecule has 0 saturated heterocycles. The van der Waals surface area contributed by atoms with Crippen molar-refractivity contribution in [2.45, 2.75) is 38.6 Å². The Hall–Kier alpha value is -2.16. The Labute approximate surface area is 124 Å². The lowest BCUT2D eigenvalue weighted by Gasteiger charge is -2.28. The van der Waals surface area contributed by atoms with E-state index in [0.29, 0.717) is 6.04 Å². The number of aromatic nitrogens is 3. The van der Waals surface area contributed by atoms with E-state index in [-0.39, 0.29) is 0 Å². The highest BCUT2D eigenvalue weighted by Gasteiger charge is 2.25. The lowest BCUT2D eigenvalue weighted by molar-refractivity contribution is 0.313. The first-order valence-corrected chi connectivity index (χ1v) is 7.68. The van der Waals surface area contributed by atoms with Crippen LogP contribution in [0.1, 0.15) is 42.3 Å². The molecule has 106 valence electrons. The second kappa shape index (κ2) is 4.99. The van der Waals surface area contributed by atoms with Gasteiger partial charge in [-0.2, -0.15) is 0 Å². The number of rotatable bonds is 3. The van der Waals surface area contributed by atoms with Gasteiger partial charge in [-0.1, -0.05) is 29.8 Å². The summed E-state index contributed by atoms with van der Waals surface area (Å²) in [4.78, 5) is 9.41. The molecule has 0 amide bonds. The molecule has 3 nitrogen and oxygen atoms in total. The van der Waals surface area contributed by atoms with Crippen LogP contribution in [0.5, 0.6) is 0 Å². The molecule has 1 saturated carbocycles. The van der Waals surface area contributed by atoms with E-state index in [2.05, 4.69) is 46.8 Å². The number of imidazole rings is 1. The first kappa shape index (κ1) is 12.6. The number of hydrogen-bond acceptors (Lipinski definition) is 2. The Kier molecular flexibility index (Phi) is 2.99. The third-order valence-electron chi connectivity index (χ3n) is 4.41. The van der Waals surface area contributed by atoms with Crippen LogP contribution < -0.4 is 0 Å². The van der Waals surface area contributed by atoms with Crippen molar-refractivity contribution in [2.24, 2.45) is 0 Å². The maximum atomic E-state index is 4.84. The summed E-state index contributed by atoms with van der Waals surface area (Å²) in [7, 11) is 0. The molecule has 1 aliphatic rings. The van der Waals surface area contributed by atoms with Crippen molar-refractivity contribution < 1.29 is 0 Å². The standard InChI is InChI=1S/C18H19N3/c1-13-5-2-6-14(11-13)12-17-20-16-9-4-10-19-18(16)21(17)15-7-3-8-15/h2,4-6,9-11,15H,3,7-8,12H2,1H3. The van der Waals surface area contributed by atoms with Gasteiger partial charge >= 0.3 is 0 Å². The number of aryl methyl sites for hydroxylation is 1. The zero-order chi connectivity index (χ0) is 14.2. The highest BCUT2D eigenvalue weighted by molar-refractivity contribution is 5.71. The minimum absolute atomic E-state index is 0.588. The van der Waals surface area contributed by atoms with Gasteiger partial charge in [-0.25, -0.2) is 9.97 Å². The zero-order valence-corrected chi connectivity index (χ0v) is 12.3.